The van der Waals surface area contributed by atoms with Gasteiger partial charge in [-0.1, -0.05) is 28.1 Å². The van der Waals surface area contributed by atoms with Gasteiger partial charge < -0.3 is 4.90 Å². The van der Waals surface area contributed by atoms with Gasteiger partial charge in [-0.3, -0.25) is 9.48 Å². The molecule has 1 unspecified atom stereocenters. The Kier molecular flexibility index (Phi) is 3.95. The molecule has 2 heterocycles. The second-order valence-corrected chi connectivity index (χ2v) is 6.29. The van der Waals surface area contributed by atoms with Crippen molar-refractivity contribution in [2.24, 2.45) is 7.05 Å². The molecule has 8 heteroatoms. The van der Waals surface area contributed by atoms with Crippen molar-refractivity contribution in [2.75, 3.05) is 6.54 Å². The van der Waals surface area contributed by atoms with Gasteiger partial charge in [-0.15, -0.1) is 0 Å². The van der Waals surface area contributed by atoms with E-state index in [-0.39, 0.29) is 17.7 Å². The van der Waals surface area contributed by atoms with Crippen molar-refractivity contribution in [3.63, 3.8) is 0 Å². The number of carbonyl (C=O) groups excluding carboxylic acids is 1. The number of hydrogen-bond acceptors (Lipinski definition) is 2. The number of hydrogen-bond donors (Lipinski definition) is 0. The van der Waals surface area contributed by atoms with Crippen LogP contribution in [0.1, 0.15) is 27.7 Å². The molecule has 1 aliphatic rings. The van der Waals surface area contributed by atoms with Crippen molar-refractivity contribution >= 4 is 21.8 Å². The molecule has 0 bridgehead atoms. The van der Waals surface area contributed by atoms with E-state index in [0.29, 0.717) is 16.6 Å². The summed E-state index contributed by atoms with van der Waals surface area (Å²) in [4.78, 5) is 13.4. The Morgan fingerprint density at radius 2 is 1.91 bits per heavy atom. The molecular weight excluding hydrogens is 375 g/mol. The molecule has 0 fully saturated rings. The number of carbonyl (C=O) groups is 1. The predicted octanol–water partition coefficient (Wildman–Crippen LogP) is 3.48. The summed E-state index contributed by atoms with van der Waals surface area (Å²) in [6.07, 6.45) is -2.87. The Morgan fingerprint density at radius 1 is 1.26 bits per heavy atom. The lowest BCUT2D eigenvalue weighted by Crippen LogP contribution is -2.46. The highest BCUT2D eigenvalue weighted by Gasteiger charge is 2.48. The third-order valence-corrected chi connectivity index (χ3v) is 4.48. The van der Waals surface area contributed by atoms with Crippen LogP contribution in [0.3, 0.4) is 0 Å². The first-order valence-corrected chi connectivity index (χ1v) is 7.72. The molecule has 0 saturated carbocycles. The molecule has 0 radical (unpaired) electrons. The van der Waals surface area contributed by atoms with E-state index < -0.39 is 18.1 Å². The summed E-state index contributed by atoms with van der Waals surface area (Å²) in [5.74, 6) is -0.635. The van der Waals surface area contributed by atoms with Gasteiger partial charge in [0.1, 0.15) is 0 Å². The Hall–Kier alpha value is -1.83. The summed E-state index contributed by atoms with van der Waals surface area (Å²) < 4.78 is 43.1. The van der Waals surface area contributed by atoms with Crippen molar-refractivity contribution in [3.05, 3.63) is 51.8 Å². The van der Waals surface area contributed by atoms with Crippen LogP contribution in [-0.4, -0.2) is 33.3 Å². The highest BCUT2D eigenvalue weighted by Crippen LogP contribution is 2.40. The zero-order chi connectivity index (χ0) is 16.8. The summed E-state index contributed by atoms with van der Waals surface area (Å²) >= 11 is 3.20. The molecule has 2 aromatic rings. The van der Waals surface area contributed by atoms with Gasteiger partial charge in [0.2, 0.25) is 0 Å². The first-order chi connectivity index (χ1) is 10.8. The number of aromatic nitrogens is 2. The SMILES string of the molecule is Cn1ncc2c1CCN(C(c1ccc(Br)cc1)C(F)(F)F)C2=O. The van der Waals surface area contributed by atoms with E-state index in [1.807, 2.05) is 0 Å². The molecule has 0 saturated heterocycles. The van der Waals surface area contributed by atoms with Crippen molar-refractivity contribution < 1.29 is 18.0 Å². The van der Waals surface area contributed by atoms with Gasteiger partial charge in [0.25, 0.3) is 5.91 Å². The van der Waals surface area contributed by atoms with E-state index in [1.54, 1.807) is 7.05 Å². The van der Waals surface area contributed by atoms with Gasteiger partial charge in [0.15, 0.2) is 6.04 Å². The minimum absolute atomic E-state index is 0.00556. The smallest absolute Gasteiger partial charge is 0.322 e. The topological polar surface area (TPSA) is 38.1 Å². The van der Waals surface area contributed by atoms with Gasteiger partial charge in [-0.2, -0.15) is 18.3 Å². The predicted molar refractivity (Wildman–Crippen MR) is 80.9 cm³/mol. The molecule has 1 atom stereocenters. The summed E-state index contributed by atoms with van der Waals surface area (Å²) in [7, 11) is 1.68. The van der Waals surface area contributed by atoms with Gasteiger partial charge in [0, 0.05) is 24.5 Å². The Labute approximate surface area is 139 Å². The lowest BCUT2D eigenvalue weighted by Gasteiger charge is -2.35. The highest BCUT2D eigenvalue weighted by atomic mass is 79.9. The second-order valence-electron chi connectivity index (χ2n) is 5.37. The van der Waals surface area contributed by atoms with Crippen LogP contribution in [0.4, 0.5) is 13.2 Å². The van der Waals surface area contributed by atoms with Crippen molar-refractivity contribution in [3.8, 4) is 0 Å². The monoisotopic (exact) mass is 387 g/mol. The number of aryl methyl sites for hydroxylation is 1. The molecule has 0 spiro atoms. The van der Waals surface area contributed by atoms with Crippen LogP contribution in [-0.2, 0) is 13.5 Å². The molecule has 1 aromatic carbocycles. The maximum Gasteiger partial charge on any atom is 0.413 e. The molecule has 3 rings (SSSR count). The Morgan fingerprint density at radius 3 is 2.52 bits per heavy atom. The first kappa shape index (κ1) is 16.0. The van der Waals surface area contributed by atoms with Crippen molar-refractivity contribution in [2.45, 2.75) is 18.6 Å². The molecule has 23 heavy (non-hydrogen) atoms. The van der Waals surface area contributed by atoms with Crippen LogP contribution in [0.2, 0.25) is 0 Å². The second kappa shape index (κ2) is 5.67. The number of halogens is 4. The fourth-order valence-corrected chi connectivity index (χ4v) is 3.12. The molecule has 1 aromatic heterocycles. The van der Waals surface area contributed by atoms with E-state index >= 15 is 0 Å². The zero-order valence-electron chi connectivity index (χ0n) is 12.1. The van der Waals surface area contributed by atoms with Gasteiger partial charge in [0.05, 0.1) is 17.5 Å². The largest absolute Gasteiger partial charge is 0.413 e. The maximum atomic E-state index is 13.6. The molecule has 4 nitrogen and oxygen atoms in total. The van der Waals surface area contributed by atoms with Crippen LogP contribution in [0.15, 0.2) is 34.9 Å². The summed E-state index contributed by atoms with van der Waals surface area (Å²) in [5, 5.41) is 3.97. The minimum atomic E-state index is -4.55. The average Bonchev–Trinajstić information content (AvgIpc) is 2.85. The Bertz CT molecular complexity index is 739. The van der Waals surface area contributed by atoms with Crippen molar-refractivity contribution in [1.29, 1.82) is 0 Å². The van der Waals surface area contributed by atoms with Gasteiger partial charge >= 0.3 is 6.18 Å². The van der Waals surface area contributed by atoms with Crippen LogP contribution < -0.4 is 0 Å². The Balaban J connectivity index is 2.02. The number of benzene rings is 1. The number of nitrogens with zero attached hydrogens (tertiary/aromatic N) is 3. The third kappa shape index (κ3) is 2.87. The van der Waals surface area contributed by atoms with E-state index in [9.17, 15) is 18.0 Å². The van der Waals surface area contributed by atoms with Crippen molar-refractivity contribution in [1.82, 2.24) is 14.7 Å². The van der Waals surface area contributed by atoms with E-state index in [0.717, 1.165) is 4.90 Å². The highest BCUT2D eigenvalue weighted by molar-refractivity contribution is 9.10. The zero-order valence-corrected chi connectivity index (χ0v) is 13.7. The minimum Gasteiger partial charge on any atom is -0.322 e. The lowest BCUT2D eigenvalue weighted by atomic mass is 9.99. The molecule has 1 aliphatic heterocycles. The molecule has 1 amide bonds. The average molecular weight is 388 g/mol. The van der Waals surface area contributed by atoms with E-state index in [2.05, 4.69) is 21.0 Å². The fourth-order valence-electron chi connectivity index (χ4n) is 2.86. The molecule has 0 N–H and O–H groups in total. The normalized spacial score (nSPS) is 16.4. The van der Waals surface area contributed by atoms with Gasteiger partial charge in [-0.05, 0) is 17.7 Å². The quantitative estimate of drug-likeness (QED) is 0.790. The van der Waals surface area contributed by atoms with Crippen LogP contribution in [0.25, 0.3) is 0 Å². The molecule has 122 valence electrons. The lowest BCUT2D eigenvalue weighted by molar-refractivity contribution is -0.179. The summed E-state index contributed by atoms with van der Waals surface area (Å²) in [5.41, 5.74) is 0.953. The molecule has 0 aliphatic carbocycles. The maximum absolute atomic E-state index is 13.6. The first-order valence-electron chi connectivity index (χ1n) is 6.93. The fraction of sp³-hybridized carbons (Fsp3) is 0.333. The van der Waals surface area contributed by atoms with E-state index in [1.165, 1.54) is 35.1 Å². The third-order valence-electron chi connectivity index (χ3n) is 3.95. The number of alkyl halides is 3. The van der Waals surface area contributed by atoms with Crippen LogP contribution in [0.5, 0.6) is 0 Å². The molecular formula is C15H13BrF3N3O. The summed E-state index contributed by atoms with van der Waals surface area (Å²) in [6.45, 7) is 0.00556. The number of amides is 1. The standard InChI is InChI=1S/C15H13BrF3N3O/c1-21-12-6-7-22(14(23)11(12)8-20-21)13(15(17,18)19)9-2-4-10(16)5-3-9/h2-5,8,13H,6-7H2,1H3. The van der Waals surface area contributed by atoms with Crippen LogP contribution >= 0.6 is 15.9 Å². The van der Waals surface area contributed by atoms with Gasteiger partial charge in [-0.25, -0.2) is 0 Å². The number of rotatable bonds is 2. The number of fused-ring (bicyclic) bond motifs is 1. The van der Waals surface area contributed by atoms with E-state index in [4.69, 9.17) is 0 Å². The summed E-state index contributed by atoms with van der Waals surface area (Å²) in [6, 6.07) is 3.88. The van der Waals surface area contributed by atoms with Crippen LogP contribution in [0, 0.1) is 0 Å².